The molecule has 0 saturated carbocycles. The maximum absolute atomic E-state index is 10.6. The first-order chi connectivity index (χ1) is 7.25. The van der Waals surface area contributed by atoms with Gasteiger partial charge in [-0.25, -0.2) is 0 Å². The number of rotatable bonds is 3. The van der Waals surface area contributed by atoms with Crippen LogP contribution in [0.1, 0.15) is 12.5 Å². The van der Waals surface area contributed by atoms with E-state index in [9.17, 15) is 4.79 Å². The molecule has 4 nitrogen and oxygen atoms in total. The summed E-state index contributed by atoms with van der Waals surface area (Å²) in [6, 6.07) is 5.72. The largest absolute Gasteiger partial charge is 0.466 e. The summed E-state index contributed by atoms with van der Waals surface area (Å²) in [5, 5.41) is 0. The molecule has 0 amide bonds. The first-order valence-corrected chi connectivity index (χ1v) is 4.77. The highest BCUT2D eigenvalue weighted by molar-refractivity contribution is 5.65. The van der Waals surface area contributed by atoms with E-state index in [0.717, 1.165) is 17.1 Å². The fourth-order valence-electron chi connectivity index (χ4n) is 1.41. The van der Waals surface area contributed by atoms with E-state index in [-0.39, 0.29) is 12.8 Å². The van der Waals surface area contributed by atoms with E-state index in [1.807, 2.05) is 18.2 Å². The second kappa shape index (κ2) is 4.21. The molecule has 0 aliphatic carbocycles. The van der Waals surface area contributed by atoms with Crippen LogP contribution in [0.25, 0.3) is 0 Å². The SMILES string of the molecule is CC(=O)OCCc1ccc2c(c1)OCO2. The van der Waals surface area contributed by atoms with E-state index in [1.165, 1.54) is 6.92 Å². The fraction of sp³-hybridized carbons (Fsp3) is 0.364. The Balaban J connectivity index is 1.95. The number of hydrogen-bond acceptors (Lipinski definition) is 4. The van der Waals surface area contributed by atoms with Gasteiger partial charge in [0.25, 0.3) is 0 Å². The molecule has 2 rings (SSSR count). The van der Waals surface area contributed by atoms with Crippen LogP contribution in [0.5, 0.6) is 11.5 Å². The summed E-state index contributed by atoms with van der Waals surface area (Å²) in [6.07, 6.45) is 0.691. The van der Waals surface area contributed by atoms with Crippen LogP contribution in [0, 0.1) is 0 Å². The number of carbonyl (C=O) groups is 1. The smallest absolute Gasteiger partial charge is 0.302 e. The third kappa shape index (κ3) is 2.40. The summed E-state index contributed by atoms with van der Waals surface area (Å²) in [5.74, 6) is 1.28. The number of esters is 1. The minimum absolute atomic E-state index is 0.254. The molecule has 0 spiro atoms. The minimum atomic E-state index is -0.254. The molecule has 1 aliphatic rings. The van der Waals surface area contributed by atoms with Gasteiger partial charge in [-0.05, 0) is 17.7 Å². The minimum Gasteiger partial charge on any atom is -0.466 e. The lowest BCUT2D eigenvalue weighted by Gasteiger charge is -2.03. The normalized spacial score (nSPS) is 12.6. The number of carbonyl (C=O) groups excluding carboxylic acids is 1. The van der Waals surface area contributed by atoms with Crippen molar-refractivity contribution in [2.24, 2.45) is 0 Å². The van der Waals surface area contributed by atoms with Crippen molar-refractivity contribution in [2.75, 3.05) is 13.4 Å². The molecule has 0 fully saturated rings. The van der Waals surface area contributed by atoms with Gasteiger partial charge in [0, 0.05) is 13.3 Å². The zero-order valence-corrected chi connectivity index (χ0v) is 8.49. The maximum Gasteiger partial charge on any atom is 0.302 e. The van der Waals surface area contributed by atoms with Gasteiger partial charge in [0.2, 0.25) is 6.79 Å². The van der Waals surface area contributed by atoms with Gasteiger partial charge in [-0.15, -0.1) is 0 Å². The Labute approximate surface area is 87.8 Å². The zero-order valence-electron chi connectivity index (χ0n) is 8.49. The Morgan fingerprint density at radius 2 is 2.20 bits per heavy atom. The van der Waals surface area contributed by atoms with Gasteiger partial charge in [0.1, 0.15) is 0 Å². The molecule has 1 aromatic carbocycles. The Kier molecular flexibility index (Phi) is 2.76. The molecule has 1 heterocycles. The lowest BCUT2D eigenvalue weighted by Crippen LogP contribution is -2.03. The number of fused-ring (bicyclic) bond motifs is 1. The van der Waals surface area contributed by atoms with Gasteiger partial charge in [0.05, 0.1) is 6.61 Å². The molecule has 0 radical (unpaired) electrons. The standard InChI is InChI=1S/C11H12O4/c1-8(12)13-5-4-9-2-3-10-11(6-9)15-7-14-10/h2-3,6H,4-5,7H2,1H3. The summed E-state index contributed by atoms with van der Waals surface area (Å²) < 4.78 is 15.3. The van der Waals surface area contributed by atoms with E-state index < -0.39 is 0 Å². The third-order valence-corrected chi connectivity index (χ3v) is 2.13. The Morgan fingerprint density at radius 3 is 3.00 bits per heavy atom. The van der Waals surface area contributed by atoms with Crippen molar-refractivity contribution >= 4 is 5.97 Å². The molecule has 0 bridgehead atoms. The first-order valence-electron chi connectivity index (χ1n) is 4.77. The highest BCUT2D eigenvalue weighted by Gasteiger charge is 2.12. The number of benzene rings is 1. The van der Waals surface area contributed by atoms with Gasteiger partial charge >= 0.3 is 5.97 Å². The second-order valence-electron chi connectivity index (χ2n) is 3.28. The molecule has 80 valence electrons. The highest BCUT2D eigenvalue weighted by atomic mass is 16.7. The van der Waals surface area contributed by atoms with Crippen molar-refractivity contribution < 1.29 is 19.0 Å². The lowest BCUT2D eigenvalue weighted by atomic mass is 10.1. The Hall–Kier alpha value is -1.71. The van der Waals surface area contributed by atoms with Crippen LogP contribution >= 0.6 is 0 Å². The topological polar surface area (TPSA) is 44.8 Å². The Bertz CT molecular complexity index is 373. The van der Waals surface area contributed by atoms with E-state index in [0.29, 0.717) is 13.0 Å². The van der Waals surface area contributed by atoms with Crippen molar-refractivity contribution in [1.29, 1.82) is 0 Å². The summed E-state index contributed by atoms with van der Waals surface area (Å²) in [5.41, 5.74) is 1.07. The molecule has 0 aromatic heterocycles. The average molecular weight is 208 g/mol. The average Bonchev–Trinajstić information content (AvgIpc) is 2.64. The van der Waals surface area contributed by atoms with Crippen LogP contribution in [-0.2, 0) is 16.0 Å². The Morgan fingerprint density at radius 1 is 1.40 bits per heavy atom. The van der Waals surface area contributed by atoms with Gasteiger partial charge in [0.15, 0.2) is 11.5 Å². The molecular formula is C11H12O4. The molecule has 15 heavy (non-hydrogen) atoms. The zero-order chi connectivity index (χ0) is 10.7. The van der Waals surface area contributed by atoms with Crippen LogP contribution in [0.3, 0.4) is 0 Å². The maximum atomic E-state index is 10.6. The van der Waals surface area contributed by atoms with Crippen molar-refractivity contribution in [2.45, 2.75) is 13.3 Å². The molecule has 0 atom stereocenters. The van der Waals surface area contributed by atoms with Gasteiger partial charge < -0.3 is 14.2 Å². The highest BCUT2D eigenvalue weighted by Crippen LogP contribution is 2.32. The van der Waals surface area contributed by atoms with Gasteiger partial charge in [-0.1, -0.05) is 6.07 Å². The first kappa shape index (κ1) is 9.83. The van der Waals surface area contributed by atoms with Crippen molar-refractivity contribution in [3.63, 3.8) is 0 Å². The second-order valence-corrected chi connectivity index (χ2v) is 3.28. The van der Waals surface area contributed by atoms with E-state index in [4.69, 9.17) is 14.2 Å². The molecule has 0 N–H and O–H groups in total. The fourth-order valence-corrected chi connectivity index (χ4v) is 1.41. The van der Waals surface area contributed by atoms with Crippen LogP contribution in [0.4, 0.5) is 0 Å². The predicted octanol–water partition coefficient (Wildman–Crippen LogP) is 1.52. The summed E-state index contributed by atoms with van der Waals surface area (Å²) in [6.45, 7) is 2.08. The molecule has 0 unspecified atom stereocenters. The summed E-state index contributed by atoms with van der Waals surface area (Å²) >= 11 is 0. The van der Waals surface area contributed by atoms with E-state index in [1.54, 1.807) is 0 Å². The van der Waals surface area contributed by atoms with Gasteiger partial charge in [-0.2, -0.15) is 0 Å². The van der Waals surface area contributed by atoms with Crippen LogP contribution in [0.2, 0.25) is 0 Å². The molecule has 1 aliphatic heterocycles. The lowest BCUT2D eigenvalue weighted by molar-refractivity contribution is -0.140. The number of ether oxygens (including phenoxy) is 3. The van der Waals surface area contributed by atoms with E-state index >= 15 is 0 Å². The van der Waals surface area contributed by atoms with Crippen LogP contribution in [-0.4, -0.2) is 19.4 Å². The quantitative estimate of drug-likeness (QED) is 0.706. The monoisotopic (exact) mass is 208 g/mol. The van der Waals surface area contributed by atoms with Crippen LogP contribution < -0.4 is 9.47 Å². The number of hydrogen-bond donors (Lipinski definition) is 0. The van der Waals surface area contributed by atoms with Crippen LogP contribution in [0.15, 0.2) is 18.2 Å². The molecule has 0 saturated heterocycles. The third-order valence-electron chi connectivity index (χ3n) is 2.13. The van der Waals surface area contributed by atoms with Crippen molar-refractivity contribution in [1.82, 2.24) is 0 Å². The molecule has 1 aromatic rings. The van der Waals surface area contributed by atoms with Gasteiger partial charge in [-0.3, -0.25) is 4.79 Å². The molecule has 4 heteroatoms. The predicted molar refractivity (Wildman–Crippen MR) is 52.9 cm³/mol. The summed E-state index contributed by atoms with van der Waals surface area (Å²) in [7, 11) is 0. The molecular weight excluding hydrogens is 196 g/mol. The van der Waals surface area contributed by atoms with Crippen molar-refractivity contribution in [3.8, 4) is 11.5 Å². The summed E-state index contributed by atoms with van der Waals surface area (Å²) in [4.78, 5) is 10.6. The van der Waals surface area contributed by atoms with E-state index in [2.05, 4.69) is 0 Å². The van der Waals surface area contributed by atoms with Crippen molar-refractivity contribution in [3.05, 3.63) is 23.8 Å².